The predicted molar refractivity (Wildman–Crippen MR) is 449 cm³/mol. The second-order valence-electron chi connectivity index (χ2n) is 35.2. The molecule has 4 fully saturated rings. The van der Waals surface area contributed by atoms with Crippen molar-refractivity contribution < 1.29 is 105 Å². The van der Waals surface area contributed by atoms with E-state index in [9.17, 15) is 33.6 Å². The van der Waals surface area contributed by atoms with E-state index in [0.29, 0.717) is 83.5 Å². The Morgan fingerprint density at radius 3 is 1.38 bits per heavy atom. The van der Waals surface area contributed by atoms with Gasteiger partial charge in [-0.2, -0.15) is 0 Å². The molecule has 4 aromatic carbocycles. The normalized spacial score (nSPS) is 29.4. The van der Waals surface area contributed by atoms with Gasteiger partial charge < -0.3 is 71.4 Å². The lowest BCUT2D eigenvalue weighted by atomic mass is 9.66. The highest BCUT2D eigenvalue weighted by Crippen LogP contribution is 2.60. The zero-order valence-corrected chi connectivity index (χ0v) is 75.4. The molecule has 0 amide bonds. The number of ether oxygens (including phenoxy) is 12. The van der Waals surface area contributed by atoms with Crippen LogP contribution in [0.15, 0.2) is 84.9 Å². The Morgan fingerprint density at radius 2 is 0.899 bits per heavy atom. The van der Waals surface area contributed by atoms with Crippen LogP contribution in [0.2, 0.25) is 0 Å². The van der Waals surface area contributed by atoms with Gasteiger partial charge in [-0.3, -0.25) is 19.2 Å². The molecule has 11 unspecified atom stereocenters. The number of hydrogen-bond acceptors (Lipinski definition) is 25. The Kier molecular flexibility index (Phi) is 33.4. The molecular formula is C94H139N3O22. The summed E-state index contributed by atoms with van der Waals surface area (Å²) in [5.41, 5.74) is 0.891. The van der Waals surface area contributed by atoms with E-state index in [-0.39, 0.29) is 79.2 Å². The molecule has 25 nitrogen and oxygen atoms in total. The fourth-order valence-electron chi connectivity index (χ4n) is 18.0. The number of benzene rings is 4. The molecule has 0 N–H and O–H groups in total. The smallest absolute Gasteiger partial charge is 0.462 e. The number of hydroxylamine groups is 6. The molecule has 4 saturated heterocycles. The maximum Gasteiger partial charge on any atom is 0.528 e. The first-order chi connectivity index (χ1) is 56.3. The number of rotatable bonds is 31. The van der Waals surface area contributed by atoms with Gasteiger partial charge >= 0.3 is 42.2 Å². The van der Waals surface area contributed by atoms with Crippen molar-refractivity contribution in [3.05, 3.63) is 118 Å². The van der Waals surface area contributed by atoms with Crippen LogP contribution in [0.4, 0.5) is 9.59 Å². The molecule has 4 aromatic rings. The molecule has 3 spiro atoms. The van der Waals surface area contributed by atoms with Crippen LogP contribution in [0.1, 0.15) is 312 Å². The molecule has 11 atom stereocenters. The SMILES string of the molecule is CCC1(C)CC2(OCc3cc(C)cc(COC(C)=O)c3O2)C(C)C(C)(CC)N1OC(C)=O.CCC1(COC(=O)OCc2ccccc2)COC2(CC(C)(CC)N(OC(=O)OCc3ccccc3)C(C)(CC)C2C)OC1.CCCCCCCCCCCCOC(=O)c1cc(OC(C)=O)c2c(c1)OC1(CC(C)(CC)N(OC(C)=O)C(C)(CC)C1C)O2. The average molecular weight is 1660 g/mol. The molecule has 6 aliphatic heterocycles. The molecule has 0 aromatic heterocycles. The minimum absolute atomic E-state index is 0.115. The van der Waals surface area contributed by atoms with E-state index in [2.05, 4.69) is 82.2 Å². The molecule has 0 saturated carbocycles. The Morgan fingerprint density at radius 1 is 0.437 bits per heavy atom. The van der Waals surface area contributed by atoms with E-state index in [0.717, 1.165) is 65.7 Å². The number of nitrogens with zero attached hydrogens (tertiary/aromatic N) is 3. The van der Waals surface area contributed by atoms with Crippen LogP contribution in [0.3, 0.4) is 0 Å². The van der Waals surface area contributed by atoms with Gasteiger partial charge in [0.25, 0.3) is 5.79 Å². The number of esters is 3. The molecule has 0 radical (unpaired) electrons. The summed E-state index contributed by atoms with van der Waals surface area (Å²) >= 11 is 0. The third-order valence-electron chi connectivity index (χ3n) is 26.8. The van der Waals surface area contributed by atoms with E-state index in [1.54, 1.807) is 6.07 Å². The summed E-state index contributed by atoms with van der Waals surface area (Å²) < 4.78 is 72.7. The number of piperidine rings is 3. The molecule has 119 heavy (non-hydrogen) atoms. The van der Waals surface area contributed by atoms with E-state index in [1.165, 1.54) is 78.7 Å². The highest BCUT2D eigenvalue weighted by molar-refractivity contribution is 5.91. The van der Waals surface area contributed by atoms with Crippen LogP contribution in [-0.2, 0) is 98.0 Å². The summed E-state index contributed by atoms with van der Waals surface area (Å²) in [6.07, 6.45) is 16.7. The van der Waals surface area contributed by atoms with Crippen molar-refractivity contribution in [2.24, 2.45) is 23.2 Å². The minimum Gasteiger partial charge on any atom is -0.462 e. The first kappa shape index (κ1) is 96.4. The lowest BCUT2D eigenvalue weighted by Crippen LogP contribution is -2.74. The van der Waals surface area contributed by atoms with Crippen LogP contribution in [-0.4, -0.2) is 134 Å². The summed E-state index contributed by atoms with van der Waals surface area (Å²) in [4.78, 5) is 104. The second kappa shape index (κ2) is 41.2. The maximum absolute atomic E-state index is 13.1. The molecule has 662 valence electrons. The van der Waals surface area contributed by atoms with Crippen LogP contribution < -0.4 is 18.9 Å². The lowest BCUT2D eigenvalue weighted by molar-refractivity contribution is -0.402. The van der Waals surface area contributed by atoms with Crippen molar-refractivity contribution in [3.8, 4) is 23.0 Å². The Balaban J connectivity index is 0.000000225. The van der Waals surface area contributed by atoms with Crippen molar-refractivity contribution in [1.82, 2.24) is 15.2 Å². The van der Waals surface area contributed by atoms with E-state index in [4.69, 9.17) is 71.4 Å². The van der Waals surface area contributed by atoms with Crippen molar-refractivity contribution in [2.75, 3.05) is 26.4 Å². The quantitative estimate of drug-likeness (QED) is 0.0196. The molecular weight excluding hydrogens is 1520 g/mol. The number of carbonyl (C=O) groups excluding carboxylic acids is 7. The third kappa shape index (κ3) is 22.2. The lowest BCUT2D eigenvalue weighted by Gasteiger charge is -2.63. The van der Waals surface area contributed by atoms with E-state index >= 15 is 0 Å². The van der Waals surface area contributed by atoms with Gasteiger partial charge in [0.1, 0.15) is 32.2 Å². The van der Waals surface area contributed by atoms with Gasteiger partial charge in [-0.15, -0.1) is 15.2 Å². The van der Waals surface area contributed by atoms with Gasteiger partial charge in [0.15, 0.2) is 17.3 Å². The third-order valence-corrected chi connectivity index (χ3v) is 26.8. The Labute approximate surface area is 707 Å². The van der Waals surface area contributed by atoms with Crippen LogP contribution in [0.25, 0.3) is 0 Å². The first-order valence-corrected chi connectivity index (χ1v) is 43.6. The molecule has 6 aliphatic rings. The van der Waals surface area contributed by atoms with Crippen LogP contribution in [0.5, 0.6) is 23.0 Å². The van der Waals surface area contributed by atoms with E-state index in [1.807, 2.05) is 130 Å². The molecule has 6 heterocycles. The topological polar surface area (TPSA) is 268 Å². The zero-order chi connectivity index (χ0) is 87.6. The monoisotopic (exact) mass is 1660 g/mol. The van der Waals surface area contributed by atoms with Gasteiger partial charge in [-0.05, 0) is 129 Å². The van der Waals surface area contributed by atoms with E-state index < -0.39 is 80.3 Å². The summed E-state index contributed by atoms with van der Waals surface area (Å²) in [7, 11) is 0. The number of fused-ring (bicyclic) bond motifs is 2. The largest absolute Gasteiger partial charge is 0.528 e. The fraction of sp³-hybridized carbons (Fsp3) is 0.670. The minimum atomic E-state index is -1.15. The molecule has 25 heteroatoms. The Bertz CT molecular complexity index is 4060. The van der Waals surface area contributed by atoms with Crippen molar-refractivity contribution in [3.63, 3.8) is 0 Å². The van der Waals surface area contributed by atoms with Gasteiger partial charge in [0, 0.05) is 69.9 Å². The number of unbranched alkanes of at least 4 members (excludes halogenated alkanes) is 9. The first-order valence-electron chi connectivity index (χ1n) is 43.6. The highest BCUT2D eigenvalue weighted by Gasteiger charge is 2.69. The zero-order valence-electron chi connectivity index (χ0n) is 75.4. The molecule has 0 aliphatic carbocycles. The molecule has 0 bridgehead atoms. The highest BCUT2D eigenvalue weighted by atomic mass is 16.8. The van der Waals surface area contributed by atoms with Crippen LogP contribution in [0, 0.1) is 30.1 Å². The fourth-order valence-corrected chi connectivity index (χ4v) is 18.0. The maximum atomic E-state index is 13.1. The van der Waals surface area contributed by atoms with Crippen molar-refractivity contribution in [2.45, 2.75) is 358 Å². The van der Waals surface area contributed by atoms with Gasteiger partial charge in [0.05, 0.1) is 76.6 Å². The predicted octanol–water partition coefficient (Wildman–Crippen LogP) is 20.6. The summed E-state index contributed by atoms with van der Waals surface area (Å²) in [6, 6.07) is 26.1. The van der Waals surface area contributed by atoms with Crippen molar-refractivity contribution in [1.29, 1.82) is 0 Å². The number of carbonyl (C=O) groups is 7. The molecule has 10 rings (SSSR count). The Hall–Kier alpha value is -8.07. The van der Waals surface area contributed by atoms with Crippen LogP contribution >= 0.6 is 0 Å². The summed E-state index contributed by atoms with van der Waals surface area (Å²) in [5, 5.41) is 5.52. The van der Waals surface area contributed by atoms with Gasteiger partial charge in [-0.25, -0.2) is 14.4 Å². The van der Waals surface area contributed by atoms with Crippen molar-refractivity contribution >= 4 is 42.2 Å². The number of hydrogen-bond donors (Lipinski definition) is 0. The average Bonchev–Trinajstić information content (AvgIpc) is 1.70. The standard InChI is InChI=1S/C35H55NO8.C34H47NO8.C25H37NO6/c1-9-12-13-14-15-16-17-18-19-20-21-40-32(39)28-22-29(41-26(5)37)31-30(23-28)42-35(43-31)24-33(7,10-2)36(44-27(6)38)34(8,11-3)25(35)4;1-7-31(5)22-34(26(4)32(6,8-2)35(31)43-30(37)39-21-28-18-14-11-15-19-28)41-24-33(9-3,25-42-34)23-40-29(36)38-20-27-16-12-10-13-17-27;1-9-23(7)15-25(17(4)24(8,10-2)26(23)32-19(6)28)30-14-21-12-16(3)11-20(22(21)31-25)13-29-18(5)27/h22-23,25H,9-21,24H2,1-8H3;10-19,26H,7-9,20-25H2,1-6H3;11-12,17H,9-10,13-15H2,1-8H3. The second-order valence-corrected chi connectivity index (χ2v) is 35.2. The van der Waals surface area contributed by atoms with Gasteiger partial charge in [0.2, 0.25) is 11.5 Å². The van der Waals surface area contributed by atoms with Gasteiger partial charge in [-0.1, -0.05) is 206 Å². The summed E-state index contributed by atoms with van der Waals surface area (Å²) in [5.74, 6) is -4.19. The summed E-state index contributed by atoms with van der Waals surface area (Å²) in [6.45, 7) is 44.8. The number of aryl methyl sites for hydroxylation is 1.